The Bertz CT molecular complexity index is 1380. The molecule has 0 fully saturated rings. The fraction of sp³-hybridized carbons (Fsp3) is 0. The molecule has 2 aromatic heterocycles. The number of hydrogen-bond donors (Lipinski definition) is 3. The summed E-state index contributed by atoms with van der Waals surface area (Å²) in [5, 5.41) is 25.8. The van der Waals surface area contributed by atoms with Crippen LogP contribution in [0.5, 0.6) is 0 Å². The van der Waals surface area contributed by atoms with Crippen LogP contribution >= 0.6 is 22.9 Å². The number of fused-ring (bicyclic) bond motifs is 1. The Labute approximate surface area is 192 Å². The molecule has 0 bridgehead atoms. The van der Waals surface area contributed by atoms with Gasteiger partial charge in [-0.1, -0.05) is 35.1 Å². The molecule has 2 heterocycles. The summed E-state index contributed by atoms with van der Waals surface area (Å²) >= 11 is 7.02. The first-order chi connectivity index (χ1) is 15.8. The van der Waals surface area contributed by atoms with Crippen molar-refractivity contribution in [2.45, 2.75) is 0 Å². The molecule has 0 saturated carbocycles. The van der Waals surface area contributed by atoms with Gasteiger partial charge in [-0.25, -0.2) is 15.0 Å². The maximum atomic E-state index is 12.4. The fourth-order valence-corrected chi connectivity index (χ4v) is 3.80. The number of nitro benzene ring substituents is 1. The van der Waals surface area contributed by atoms with E-state index in [0.29, 0.717) is 10.6 Å². The highest BCUT2D eigenvalue weighted by atomic mass is 35.5. The van der Waals surface area contributed by atoms with E-state index in [1.165, 1.54) is 23.5 Å². The molecule has 0 aliphatic heterocycles. The maximum absolute atomic E-state index is 12.4. The van der Waals surface area contributed by atoms with Gasteiger partial charge in [0, 0.05) is 11.6 Å². The van der Waals surface area contributed by atoms with E-state index in [1.54, 1.807) is 6.07 Å². The van der Waals surface area contributed by atoms with E-state index < -0.39 is 27.1 Å². The number of halogens is 1. The molecule has 1 amide bonds. The van der Waals surface area contributed by atoms with Gasteiger partial charge in [-0.3, -0.25) is 35.9 Å². The first-order valence-corrected chi connectivity index (χ1v) is 10.1. The van der Waals surface area contributed by atoms with Crippen molar-refractivity contribution in [3.8, 4) is 0 Å². The van der Waals surface area contributed by atoms with Gasteiger partial charge >= 0.3 is 5.69 Å². The Balaban J connectivity index is 1.57. The van der Waals surface area contributed by atoms with E-state index in [-0.39, 0.29) is 22.2 Å². The standard InChI is InChI=1S/C18H11ClN8O5S/c19-10-6-5-9(7-12(10)26(29)30)17(28)25-24-16-14(27(31)32)15(20-8-21-16)23-18-22-11-3-1-2-4-13(11)33-18/h1-8H,(H,25,28)(H2,20,21,22,23,24). The third kappa shape index (κ3) is 4.60. The Hall–Kier alpha value is -4.43. The van der Waals surface area contributed by atoms with Gasteiger partial charge < -0.3 is 5.32 Å². The number of rotatable bonds is 7. The zero-order valence-corrected chi connectivity index (χ0v) is 17.8. The Morgan fingerprint density at radius 1 is 1.03 bits per heavy atom. The number of benzene rings is 2. The number of para-hydroxylation sites is 1. The number of nitrogens with zero attached hydrogens (tertiary/aromatic N) is 5. The van der Waals surface area contributed by atoms with Gasteiger partial charge in [-0.2, -0.15) is 0 Å². The number of thiazole rings is 1. The number of aromatic nitrogens is 3. The first-order valence-electron chi connectivity index (χ1n) is 8.96. The van der Waals surface area contributed by atoms with Crippen molar-refractivity contribution in [2.75, 3.05) is 10.7 Å². The largest absolute Gasteiger partial charge is 0.355 e. The zero-order chi connectivity index (χ0) is 23.5. The lowest BCUT2D eigenvalue weighted by Gasteiger charge is -2.10. The molecule has 3 N–H and O–H groups in total. The van der Waals surface area contributed by atoms with E-state index in [1.807, 2.05) is 18.2 Å². The fourth-order valence-electron chi connectivity index (χ4n) is 2.74. The van der Waals surface area contributed by atoms with Gasteiger partial charge in [0.15, 0.2) is 5.13 Å². The molecule has 2 aromatic carbocycles. The molecule has 13 nitrogen and oxygen atoms in total. The van der Waals surface area contributed by atoms with Gasteiger partial charge in [0.05, 0.1) is 20.1 Å². The van der Waals surface area contributed by atoms with Crippen molar-refractivity contribution in [1.29, 1.82) is 0 Å². The van der Waals surface area contributed by atoms with Crippen molar-refractivity contribution >= 4 is 67.2 Å². The molecular formula is C18H11ClN8O5S. The van der Waals surface area contributed by atoms with E-state index in [4.69, 9.17) is 11.6 Å². The lowest BCUT2D eigenvalue weighted by atomic mass is 10.2. The summed E-state index contributed by atoms with van der Waals surface area (Å²) in [7, 11) is 0. The molecule has 0 aliphatic carbocycles. The van der Waals surface area contributed by atoms with Crippen molar-refractivity contribution < 1.29 is 14.6 Å². The Kier molecular flexibility index (Phi) is 5.93. The SMILES string of the molecule is O=C(NNc1ncnc(Nc2nc3ccccc3s2)c1[N+](=O)[O-])c1ccc(Cl)c([N+](=O)[O-])c1. The number of anilines is 3. The van der Waals surface area contributed by atoms with Crippen molar-refractivity contribution in [3.05, 3.63) is 79.6 Å². The molecule has 0 atom stereocenters. The highest BCUT2D eigenvalue weighted by Crippen LogP contribution is 2.33. The van der Waals surface area contributed by atoms with Gasteiger partial charge in [0.1, 0.15) is 11.3 Å². The molecule has 0 aliphatic rings. The van der Waals surface area contributed by atoms with Crippen LogP contribution in [0, 0.1) is 20.2 Å². The third-order valence-electron chi connectivity index (χ3n) is 4.22. The summed E-state index contributed by atoms with van der Waals surface area (Å²) in [6.45, 7) is 0. The second-order valence-corrected chi connectivity index (χ2v) is 7.73. The number of nitrogens with one attached hydrogen (secondary N) is 3. The molecule has 0 spiro atoms. The quantitative estimate of drug-likeness (QED) is 0.255. The minimum absolute atomic E-state index is 0.0943. The summed E-state index contributed by atoms with van der Waals surface area (Å²) < 4.78 is 0.874. The number of carbonyl (C=O) groups excluding carboxylic acids is 1. The molecule has 33 heavy (non-hydrogen) atoms. The summed E-state index contributed by atoms with van der Waals surface area (Å²) in [5.41, 5.74) is 4.19. The van der Waals surface area contributed by atoms with Crippen LogP contribution in [-0.4, -0.2) is 30.7 Å². The highest BCUT2D eigenvalue weighted by Gasteiger charge is 2.25. The molecule has 0 saturated heterocycles. The van der Waals surface area contributed by atoms with E-state index in [2.05, 4.69) is 31.1 Å². The minimum Gasteiger partial charge on any atom is -0.310 e. The second kappa shape index (κ2) is 8.97. The van der Waals surface area contributed by atoms with Crippen LogP contribution in [0.25, 0.3) is 10.2 Å². The molecular weight excluding hydrogens is 476 g/mol. The Morgan fingerprint density at radius 3 is 2.52 bits per heavy atom. The lowest BCUT2D eigenvalue weighted by Crippen LogP contribution is -2.30. The van der Waals surface area contributed by atoms with Crippen LogP contribution in [0.4, 0.5) is 28.1 Å². The normalized spacial score (nSPS) is 10.6. The van der Waals surface area contributed by atoms with Crippen molar-refractivity contribution in [1.82, 2.24) is 20.4 Å². The van der Waals surface area contributed by atoms with Crippen molar-refractivity contribution in [3.63, 3.8) is 0 Å². The third-order valence-corrected chi connectivity index (χ3v) is 5.49. The summed E-state index contributed by atoms with van der Waals surface area (Å²) in [6.07, 6.45) is 1.06. The number of amides is 1. The van der Waals surface area contributed by atoms with Gasteiger partial charge in [-0.05, 0) is 24.3 Å². The first kappa shape index (κ1) is 21.8. The topological polar surface area (TPSA) is 178 Å². The highest BCUT2D eigenvalue weighted by molar-refractivity contribution is 7.22. The van der Waals surface area contributed by atoms with Crippen LogP contribution in [0.2, 0.25) is 5.02 Å². The Morgan fingerprint density at radius 2 is 1.79 bits per heavy atom. The number of nitro groups is 2. The molecule has 4 rings (SSSR count). The number of hydrazine groups is 1. The molecule has 166 valence electrons. The average Bonchev–Trinajstić information content (AvgIpc) is 3.19. The predicted molar refractivity (Wildman–Crippen MR) is 121 cm³/mol. The number of hydrogen-bond acceptors (Lipinski definition) is 11. The molecule has 0 radical (unpaired) electrons. The molecule has 4 aromatic rings. The van der Waals surface area contributed by atoms with Crippen LogP contribution in [0.1, 0.15) is 10.4 Å². The summed E-state index contributed by atoms with van der Waals surface area (Å²) in [6, 6.07) is 10.8. The van der Waals surface area contributed by atoms with Gasteiger partial charge in [-0.15, -0.1) is 0 Å². The minimum atomic E-state index is -0.802. The van der Waals surface area contributed by atoms with Crippen LogP contribution in [0.3, 0.4) is 0 Å². The smallest absolute Gasteiger partial charge is 0.310 e. The number of carbonyl (C=O) groups is 1. The lowest BCUT2D eigenvalue weighted by molar-refractivity contribution is -0.384. The monoisotopic (exact) mass is 486 g/mol. The summed E-state index contributed by atoms with van der Waals surface area (Å²) in [5.74, 6) is -1.26. The van der Waals surface area contributed by atoms with Crippen LogP contribution < -0.4 is 16.2 Å². The van der Waals surface area contributed by atoms with E-state index in [9.17, 15) is 25.0 Å². The van der Waals surface area contributed by atoms with Crippen LogP contribution in [-0.2, 0) is 0 Å². The van der Waals surface area contributed by atoms with Crippen LogP contribution in [0.15, 0.2) is 48.8 Å². The van der Waals surface area contributed by atoms with Gasteiger partial charge in [0.2, 0.25) is 11.6 Å². The average molecular weight is 487 g/mol. The second-order valence-electron chi connectivity index (χ2n) is 6.29. The maximum Gasteiger partial charge on any atom is 0.355 e. The molecule has 0 unspecified atom stereocenters. The van der Waals surface area contributed by atoms with E-state index >= 15 is 0 Å². The molecule has 15 heteroatoms. The zero-order valence-electron chi connectivity index (χ0n) is 16.2. The van der Waals surface area contributed by atoms with Crippen molar-refractivity contribution in [2.24, 2.45) is 0 Å². The van der Waals surface area contributed by atoms with E-state index in [0.717, 1.165) is 17.1 Å². The predicted octanol–water partition coefficient (Wildman–Crippen LogP) is 4.06. The van der Waals surface area contributed by atoms with Gasteiger partial charge in [0.25, 0.3) is 11.6 Å². The summed E-state index contributed by atoms with van der Waals surface area (Å²) in [4.78, 5) is 45.7.